The number of rotatable bonds is 0. The minimum atomic E-state index is -3.94. The zero-order valence-corrected chi connectivity index (χ0v) is 4.43. The summed E-state index contributed by atoms with van der Waals surface area (Å²) in [4.78, 5) is 9.19. The topological polar surface area (TPSA) is 37.0 Å². The van der Waals surface area contributed by atoms with Gasteiger partial charge >= 0.3 is 6.07 Å². The van der Waals surface area contributed by atoms with Gasteiger partial charge in [-0.15, -0.1) is 4.89 Å². The van der Waals surface area contributed by atoms with Gasteiger partial charge in [0.2, 0.25) is 0 Å². The Balaban J connectivity index is 3.47. The molecular weight excluding hydrogens is 134 g/mol. The normalized spacial score (nSPS) is 11.8. The molecule has 0 saturated carbocycles. The molecule has 0 aromatic rings. The van der Waals surface area contributed by atoms with Crippen LogP contribution in [0.5, 0.6) is 0 Å². The van der Waals surface area contributed by atoms with Crippen molar-refractivity contribution >= 4 is 28.6 Å². The molecule has 5 heavy (non-hydrogen) atoms. The lowest BCUT2D eigenvalue weighted by Gasteiger charge is -1.72. The second-order valence-corrected chi connectivity index (χ2v) is 4.43. The lowest BCUT2D eigenvalue weighted by Crippen LogP contribution is -1.34. The van der Waals surface area contributed by atoms with Crippen molar-refractivity contribution in [2.75, 3.05) is 0 Å². The molecule has 0 aliphatic rings. The number of hydrogen-bond acceptors (Lipinski definition) is 1. The maximum Gasteiger partial charge on any atom is 0.407 e. The van der Waals surface area contributed by atoms with Gasteiger partial charge in [-0.3, -0.25) is 4.57 Å². The van der Waals surface area contributed by atoms with Crippen LogP contribution in [0.15, 0.2) is 0 Å². The largest absolute Gasteiger partial charge is 0.407 e. The molecular formula is Cl2O2P. The molecule has 0 atom stereocenters. The van der Waals surface area contributed by atoms with E-state index >= 15 is 0 Å². The van der Waals surface area contributed by atoms with Crippen LogP contribution in [0.2, 0.25) is 0 Å². The highest BCUT2D eigenvalue weighted by Crippen LogP contribution is 2.52. The quantitative estimate of drug-likeness (QED) is 0.466. The van der Waals surface area contributed by atoms with Crippen molar-refractivity contribution in [3.05, 3.63) is 0 Å². The Kier molecular flexibility index (Phi) is 1.71. The summed E-state index contributed by atoms with van der Waals surface area (Å²) in [6, 6.07) is 0. The van der Waals surface area contributed by atoms with Crippen LogP contribution in [0.4, 0.5) is 0 Å². The van der Waals surface area contributed by atoms with Gasteiger partial charge in [-0.2, -0.15) is 0 Å². The minimum Gasteiger partial charge on any atom is -0.254 e. The summed E-state index contributed by atoms with van der Waals surface area (Å²) in [5.74, 6) is 0. The van der Waals surface area contributed by atoms with Gasteiger partial charge in [-0.05, 0) is 22.5 Å². The maximum atomic E-state index is 9.19. The van der Waals surface area contributed by atoms with E-state index in [2.05, 4.69) is 22.5 Å². The Bertz CT molecular complexity index is 53.8. The van der Waals surface area contributed by atoms with Gasteiger partial charge in [0.25, 0.3) is 0 Å². The van der Waals surface area contributed by atoms with Crippen LogP contribution in [0.3, 0.4) is 0 Å². The van der Waals surface area contributed by atoms with Crippen LogP contribution in [0.1, 0.15) is 0 Å². The fourth-order valence-electron chi connectivity index (χ4n) is 0. The summed E-state index contributed by atoms with van der Waals surface area (Å²) < 4.78 is 9.19. The third-order valence-electron chi connectivity index (χ3n) is 0. The SMILES string of the molecule is [O]P(=O)(Cl)Cl. The van der Waals surface area contributed by atoms with Crippen molar-refractivity contribution in [2.24, 2.45) is 0 Å². The molecule has 0 heterocycles. The standard InChI is InChI=1S/Cl2O2P/c1-5(2,3)4. The second kappa shape index (κ2) is 1.48. The summed E-state index contributed by atoms with van der Waals surface area (Å²) in [5, 5.41) is 0. The van der Waals surface area contributed by atoms with Crippen molar-refractivity contribution in [3.8, 4) is 0 Å². The molecule has 0 aliphatic heterocycles. The van der Waals surface area contributed by atoms with Crippen LogP contribution in [-0.2, 0) is 9.46 Å². The molecule has 0 fully saturated rings. The van der Waals surface area contributed by atoms with Crippen molar-refractivity contribution in [1.29, 1.82) is 0 Å². The molecule has 0 spiro atoms. The minimum absolute atomic E-state index is 3.94. The molecule has 0 aliphatic carbocycles. The Hall–Kier alpha value is 0.770. The summed E-state index contributed by atoms with van der Waals surface area (Å²) in [6.07, 6.45) is -3.94. The van der Waals surface area contributed by atoms with E-state index in [0.717, 1.165) is 0 Å². The monoisotopic (exact) mass is 133 g/mol. The molecule has 0 unspecified atom stereocenters. The van der Waals surface area contributed by atoms with E-state index in [4.69, 9.17) is 0 Å². The zero-order valence-electron chi connectivity index (χ0n) is 2.02. The average molecular weight is 134 g/mol. The average Bonchev–Trinajstić information content (AvgIpc) is 0.722. The second-order valence-electron chi connectivity index (χ2n) is 0.414. The van der Waals surface area contributed by atoms with E-state index in [-0.39, 0.29) is 0 Å². The molecule has 31 valence electrons. The van der Waals surface area contributed by atoms with Gasteiger partial charge in [0.15, 0.2) is 0 Å². The zero-order chi connectivity index (χ0) is 4.50. The Morgan fingerprint density at radius 2 is 1.40 bits per heavy atom. The van der Waals surface area contributed by atoms with Gasteiger partial charge in [-0.25, -0.2) is 0 Å². The van der Waals surface area contributed by atoms with Crippen molar-refractivity contribution < 1.29 is 9.46 Å². The van der Waals surface area contributed by atoms with E-state index in [1.54, 1.807) is 0 Å². The Morgan fingerprint density at radius 3 is 1.40 bits per heavy atom. The van der Waals surface area contributed by atoms with Gasteiger partial charge in [-0.1, -0.05) is 0 Å². The van der Waals surface area contributed by atoms with E-state index in [1.165, 1.54) is 0 Å². The van der Waals surface area contributed by atoms with Crippen LogP contribution in [0, 0.1) is 0 Å². The summed E-state index contributed by atoms with van der Waals surface area (Å²) in [5.41, 5.74) is 0. The highest BCUT2D eigenvalue weighted by molar-refractivity contribution is 8.04. The molecule has 0 amide bonds. The smallest absolute Gasteiger partial charge is 0.254 e. The first-order valence-electron chi connectivity index (χ1n) is 0.703. The highest BCUT2D eigenvalue weighted by Gasteiger charge is 2.05. The summed E-state index contributed by atoms with van der Waals surface area (Å²) in [7, 11) is 0. The maximum absolute atomic E-state index is 9.19. The highest BCUT2D eigenvalue weighted by atomic mass is 35.9. The molecule has 5 heteroatoms. The van der Waals surface area contributed by atoms with Crippen LogP contribution in [-0.4, -0.2) is 0 Å². The van der Waals surface area contributed by atoms with E-state index in [1.807, 2.05) is 0 Å². The molecule has 0 bridgehead atoms. The first-order chi connectivity index (χ1) is 2.00. The van der Waals surface area contributed by atoms with E-state index in [0.29, 0.717) is 0 Å². The predicted octanol–water partition coefficient (Wildman–Crippen LogP) is 2.00. The summed E-state index contributed by atoms with van der Waals surface area (Å²) in [6.45, 7) is 0. The lowest BCUT2D eigenvalue weighted by atomic mass is 15.9. The van der Waals surface area contributed by atoms with E-state index < -0.39 is 6.07 Å². The molecule has 0 rings (SSSR count). The Morgan fingerprint density at radius 1 is 1.40 bits per heavy atom. The van der Waals surface area contributed by atoms with Crippen molar-refractivity contribution in [3.63, 3.8) is 0 Å². The predicted molar refractivity (Wildman–Crippen MR) is 20.0 cm³/mol. The van der Waals surface area contributed by atoms with E-state index in [9.17, 15) is 9.46 Å². The van der Waals surface area contributed by atoms with Crippen LogP contribution < -0.4 is 0 Å². The van der Waals surface area contributed by atoms with Gasteiger partial charge in [0.1, 0.15) is 0 Å². The lowest BCUT2D eigenvalue weighted by molar-refractivity contribution is 0.442. The third-order valence-corrected chi connectivity index (χ3v) is 0. The first-order valence-corrected chi connectivity index (χ1v) is 4.14. The molecule has 0 aromatic carbocycles. The first kappa shape index (κ1) is 5.77. The van der Waals surface area contributed by atoms with Gasteiger partial charge in [0.05, 0.1) is 0 Å². The number of hydrogen-bond donors (Lipinski definition) is 0. The summed E-state index contributed by atoms with van der Waals surface area (Å²) >= 11 is 8.59. The number of halogens is 2. The van der Waals surface area contributed by atoms with Crippen molar-refractivity contribution in [2.45, 2.75) is 0 Å². The molecule has 0 saturated heterocycles. The Labute approximate surface area is 38.7 Å². The van der Waals surface area contributed by atoms with Gasteiger partial charge < -0.3 is 0 Å². The van der Waals surface area contributed by atoms with Crippen molar-refractivity contribution in [1.82, 2.24) is 0 Å². The fourth-order valence-corrected chi connectivity index (χ4v) is 0. The molecule has 0 N–H and O–H groups in total. The molecule has 0 aromatic heterocycles. The fraction of sp³-hybridized carbons (Fsp3) is 0. The molecule has 1 radical (unpaired) electrons. The molecule has 2 nitrogen and oxygen atoms in total. The van der Waals surface area contributed by atoms with Gasteiger partial charge in [0, 0.05) is 0 Å². The van der Waals surface area contributed by atoms with Crippen LogP contribution >= 0.6 is 28.6 Å². The third kappa shape index (κ3) is 61.7. The van der Waals surface area contributed by atoms with Crippen LogP contribution in [0.25, 0.3) is 0 Å².